The van der Waals surface area contributed by atoms with Gasteiger partial charge in [0.15, 0.2) is 0 Å². The molecule has 0 aliphatic carbocycles. The van der Waals surface area contributed by atoms with Crippen LogP contribution in [0.1, 0.15) is 6.92 Å². The van der Waals surface area contributed by atoms with E-state index in [0.717, 1.165) is 6.20 Å². The van der Waals surface area contributed by atoms with Gasteiger partial charge in [0.05, 0.1) is 18.8 Å². The summed E-state index contributed by atoms with van der Waals surface area (Å²) in [4.78, 5) is 3.54. The van der Waals surface area contributed by atoms with Crippen molar-refractivity contribution in [3.63, 3.8) is 0 Å². The Morgan fingerprint density at radius 1 is 1.50 bits per heavy atom. The number of hydrogen-bond donors (Lipinski definition) is 2. The fraction of sp³-hybridized carbons (Fsp3) is 0.545. The van der Waals surface area contributed by atoms with Crippen molar-refractivity contribution < 1.29 is 22.3 Å². The number of aliphatic hydroxyl groups excluding tert-OH is 1. The van der Waals surface area contributed by atoms with Crippen LogP contribution in [0.15, 0.2) is 23.4 Å². The number of nitrogens with one attached hydrogen (secondary N) is 1. The Bertz CT molecular complexity index is 525. The Morgan fingerprint density at radius 2 is 2.20 bits per heavy atom. The van der Waals surface area contributed by atoms with Crippen LogP contribution < -0.4 is 5.32 Å². The van der Waals surface area contributed by atoms with E-state index in [1.165, 1.54) is 12.3 Å². The third kappa shape index (κ3) is 4.09. The number of rotatable bonds is 8. The number of hydrogen-bond acceptors (Lipinski definition) is 5. The molecule has 1 aromatic rings. The summed E-state index contributed by atoms with van der Waals surface area (Å²) in [5.41, 5.74) is 0.291. The molecule has 114 valence electrons. The highest BCUT2D eigenvalue weighted by Gasteiger charge is 2.29. The second-order valence-electron chi connectivity index (χ2n) is 3.88. The monoisotopic (exact) mass is 309 g/mol. The molecule has 0 atom stereocenters. The van der Waals surface area contributed by atoms with Crippen LogP contribution in [0.4, 0.5) is 14.5 Å². The van der Waals surface area contributed by atoms with Crippen molar-refractivity contribution in [1.29, 1.82) is 0 Å². The molecule has 0 radical (unpaired) electrons. The highest BCUT2D eigenvalue weighted by atomic mass is 32.2. The summed E-state index contributed by atoms with van der Waals surface area (Å²) in [5.74, 6) is 0. The molecule has 0 aliphatic rings. The maximum atomic E-state index is 12.5. The Morgan fingerprint density at radius 3 is 2.75 bits per heavy atom. The smallest absolute Gasteiger partial charge is 0.252 e. The van der Waals surface area contributed by atoms with Crippen LogP contribution >= 0.6 is 0 Å². The molecule has 2 N–H and O–H groups in total. The molecular formula is C11H17F2N3O3S. The number of halogens is 2. The maximum absolute atomic E-state index is 12.5. The van der Waals surface area contributed by atoms with Crippen LogP contribution in [0.5, 0.6) is 0 Å². The quantitative estimate of drug-likeness (QED) is 0.741. The van der Waals surface area contributed by atoms with Crippen molar-refractivity contribution in [2.24, 2.45) is 0 Å². The SMILES string of the molecule is CCNc1ccncc1S(=O)(=O)N(CCO)CC(F)F. The predicted molar refractivity (Wildman–Crippen MR) is 70.2 cm³/mol. The zero-order valence-corrected chi connectivity index (χ0v) is 11.8. The van der Waals surface area contributed by atoms with Gasteiger partial charge in [0.25, 0.3) is 6.43 Å². The van der Waals surface area contributed by atoms with Gasteiger partial charge in [0, 0.05) is 25.5 Å². The summed E-state index contributed by atoms with van der Waals surface area (Å²) < 4.78 is 50.2. The zero-order chi connectivity index (χ0) is 15.2. The van der Waals surface area contributed by atoms with E-state index in [1.807, 2.05) is 0 Å². The number of anilines is 1. The van der Waals surface area contributed by atoms with Gasteiger partial charge in [-0.1, -0.05) is 0 Å². The molecular weight excluding hydrogens is 292 g/mol. The summed E-state index contributed by atoms with van der Waals surface area (Å²) in [6.45, 7) is 0.349. The van der Waals surface area contributed by atoms with Gasteiger partial charge < -0.3 is 10.4 Å². The van der Waals surface area contributed by atoms with Crippen molar-refractivity contribution in [2.75, 3.05) is 31.6 Å². The molecule has 0 spiro atoms. The summed E-state index contributed by atoms with van der Waals surface area (Å²) in [7, 11) is -4.14. The molecule has 1 rings (SSSR count). The zero-order valence-electron chi connectivity index (χ0n) is 11.0. The first-order valence-electron chi connectivity index (χ1n) is 6.00. The highest BCUT2D eigenvalue weighted by Crippen LogP contribution is 2.23. The van der Waals surface area contributed by atoms with E-state index in [2.05, 4.69) is 10.3 Å². The molecule has 0 saturated carbocycles. The number of alkyl halides is 2. The number of nitrogens with zero attached hydrogens (tertiary/aromatic N) is 2. The molecule has 1 aromatic heterocycles. The van der Waals surface area contributed by atoms with Gasteiger partial charge in [-0.15, -0.1) is 0 Å². The first kappa shape index (κ1) is 16.7. The first-order valence-corrected chi connectivity index (χ1v) is 7.44. The van der Waals surface area contributed by atoms with E-state index in [-0.39, 0.29) is 4.90 Å². The molecule has 0 bridgehead atoms. The van der Waals surface area contributed by atoms with E-state index in [9.17, 15) is 17.2 Å². The molecule has 9 heteroatoms. The fourth-order valence-electron chi connectivity index (χ4n) is 1.64. The molecule has 0 unspecified atom stereocenters. The minimum atomic E-state index is -4.14. The van der Waals surface area contributed by atoms with Crippen molar-refractivity contribution in [2.45, 2.75) is 18.2 Å². The summed E-state index contributed by atoms with van der Waals surface area (Å²) in [6.07, 6.45) is -0.320. The molecule has 20 heavy (non-hydrogen) atoms. The Hall–Kier alpha value is -1.32. The molecule has 0 fully saturated rings. The fourth-order valence-corrected chi connectivity index (χ4v) is 3.16. The van der Waals surface area contributed by atoms with Crippen LogP contribution in [0, 0.1) is 0 Å². The average Bonchev–Trinajstić information content (AvgIpc) is 2.38. The van der Waals surface area contributed by atoms with E-state index in [4.69, 9.17) is 5.11 Å². The molecule has 0 amide bonds. The minimum absolute atomic E-state index is 0.184. The minimum Gasteiger partial charge on any atom is -0.395 e. The van der Waals surface area contributed by atoms with Crippen LogP contribution in [0.2, 0.25) is 0 Å². The maximum Gasteiger partial charge on any atom is 0.252 e. The van der Waals surface area contributed by atoms with Crippen molar-refractivity contribution >= 4 is 15.7 Å². The van der Waals surface area contributed by atoms with Crippen molar-refractivity contribution in [1.82, 2.24) is 9.29 Å². The van der Waals surface area contributed by atoms with Gasteiger partial charge in [-0.3, -0.25) is 4.98 Å². The number of aromatic nitrogens is 1. The lowest BCUT2D eigenvalue weighted by atomic mass is 10.4. The summed E-state index contributed by atoms with van der Waals surface area (Å²) in [5, 5.41) is 11.7. The van der Waals surface area contributed by atoms with Crippen LogP contribution in [0.25, 0.3) is 0 Å². The lowest BCUT2D eigenvalue weighted by molar-refractivity contribution is 0.113. The van der Waals surface area contributed by atoms with Gasteiger partial charge in [0.2, 0.25) is 10.0 Å². The number of pyridine rings is 1. The van der Waals surface area contributed by atoms with Gasteiger partial charge in [0.1, 0.15) is 4.90 Å². The average molecular weight is 309 g/mol. The van der Waals surface area contributed by atoms with E-state index in [1.54, 1.807) is 6.92 Å². The van der Waals surface area contributed by atoms with E-state index in [0.29, 0.717) is 16.5 Å². The standard InChI is InChI=1S/C11H17F2N3O3S/c1-2-15-9-3-4-14-7-10(9)20(18,19)16(5-6-17)8-11(12)13/h3-4,7,11,17H,2,5-6,8H2,1H3,(H,14,15). The Kier molecular flexibility index (Phi) is 6.24. The second kappa shape index (κ2) is 7.46. The summed E-state index contributed by atoms with van der Waals surface area (Å²) >= 11 is 0. The topological polar surface area (TPSA) is 82.5 Å². The van der Waals surface area contributed by atoms with Gasteiger partial charge in [-0.25, -0.2) is 17.2 Å². The van der Waals surface area contributed by atoms with Gasteiger partial charge >= 0.3 is 0 Å². The third-order valence-corrected chi connectivity index (χ3v) is 4.35. The predicted octanol–water partition coefficient (Wildman–Crippen LogP) is 0.761. The largest absolute Gasteiger partial charge is 0.395 e. The molecule has 1 heterocycles. The molecule has 0 aromatic carbocycles. The normalized spacial score (nSPS) is 12.1. The van der Waals surface area contributed by atoms with Gasteiger partial charge in [-0.2, -0.15) is 4.31 Å². The summed E-state index contributed by atoms with van der Waals surface area (Å²) in [6, 6.07) is 1.45. The van der Waals surface area contributed by atoms with Crippen molar-refractivity contribution in [3.05, 3.63) is 18.5 Å². The highest BCUT2D eigenvalue weighted by molar-refractivity contribution is 7.89. The lowest BCUT2D eigenvalue weighted by Crippen LogP contribution is -2.37. The Labute approximate surface area is 116 Å². The van der Waals surface area contributed by atoms with Crippen LogP contribution in [-0.4, -0.2) is 55.5 Å². The van der Waals surface area contributed by atoms with E-state index >= 15 is 0 Å². The first-order chi connectivity index (χ1) is 9.43. The molecule has 0 aliphatic heterocycles. The lowest BCUT2D eigenvalue weighted by Gasteiger charge is -2.22. The second-order valence-corrected chi connectivity index (χ2v) is 5.79. The Balaban J connectivity index is 3.18. The molecule has 6 nitrogen and oxygen atoms in total. The number of aliphatic hydroxyl groups is 1. The van der Waals surface area contributed by atoms with E-state index < -0.39 is 36.1 Å². The third-order valence-electron chi connectivity index (χ3n) is 2.46. The molecule has 0 saturated heterocycles. The van der Waals surface area contributed by atoms with Crippen molar-refractivity contribution in [3.8, 4) is 0 Å². The van der Waals surface area contributed by atoms with Gasteiger partial charge in [-0.05, 0) is 13.0 Å². The number of sulfonamides is 1. The van der Waals surface area contributed by atoms with Crippen LogP contribution in [-0.2, 0) is 10.0 Å². The van der Waals surface area contributed by atoms with Crippen LogP contribution in [0.3, 0.4) is 0 Å².